The van der Waals surface area contributed by atoms with E-state index in [1.165, 1.54) is 0 Å². The molecule has 3 rings (SSSR count). The lowest BCUT2D eigenvalue weighted by molar-refractivity contribution is -0.121. The lowest BCUT2D eigenvalue weighted by Gasteiger charge is -2.20. The largest absolute Gasteiger partial charge is 0.307 e. The number of benzene rings is 1. The molecule has 2 heterocycles. The second kappa shape index (κ2) is 4.66. The molecule has 0 fully saturated rings. The second-order valence-electron chi connectivity index (χ2n) is 4.57. The van der Waals surface area contributed by atoms with Gasteiger partial charge in [0.15, 0.2) is 0 Å². The van der Waals surface area contributed by atoms with Crippen molar-refractivity contribution in [3.05, 3.63) is 28.8 Å². The van der Waals surface area contributed by atoms with Crippen molar-refractivity contribution in [3.63, 3.8) is 0 Å². The number of halogens is 1. The van der Waals surface area contributed by atoms with Crippen LogP contribution in [0.1, 0.15) is 18.4 Å². The van der Waals surface area contributed by atoms with Gasteiger partial charge in [0.05, 0.1) is 0 Å². The summed E-state index contributed by atoms with van der Waals surface area (Å²) in [6.07, 6.45) is 1.50. The fourth-order valence-electron chi connectivity index (χ4n) is 2.37. The average Bonchev–Trinajstić information content (AvgIpc) is 2.81. The van der Waals surface area contributed by atoms with E-state index >= 15 is 0 Å². The van der Waals surface area contributed by atoms with Crippen LogP contribution in [0.25, 0.3) is 0 Å². The van der Waals surface area contributed by atoms with Gasteiger partial charge in [-0.15, -0.1) is 0 Å². The maximum Gasteiger partial charge on any atom is 0.274 e. The van der Waals surface area contributed by atoms with Crippen molar-refractivity contribution < 1.29 is 9.59 Å². The average molecular weight is 278 g/mol. The summed E-state index contributed by atoms with van der Waals surface area (Å²) in [5.41, 5.74) is 4.71. The highest BCUT2D eigenvalue weighted by Crippen LogP contribution is 2.30. The first kappa shape index (κ1) is 12.2. The molecule has 0 aliphatic carbocycles. The van der Waals surface area contributed by atoms with Crippen LogP contribution >= 0.6 is 11.6 Å². The van der Waals surface area contributed by atoms with Crippen molar-refractivity contribution in [2.45, 2.75) is 19.3 Å². The zero-order chi connectivity index (χ0) is 13.4. The standard InChI is InChI=1S/C13H12ClN3O2/c14-9-1-3-11-8(7-9)5-6-17(11)13(19)10-2-4-12(18)16-15-10/h1,3,7H,2,4-6H2,(H,16,18). The number of fused-ring (bicyclic) bond motifs is 1. The molecule has 0 bridgehead atoms. The summed E-state index contributed by atoms with van der Waals surface area (Å²) in [7, 11) is 0. The molecule has 0 saturated heterocycles. The lowest BCUT2D eigenvalue weighted by Crippen LogP contribution is -2.39. The van der Waals surface area contributed by atoms with E-state index in [0.29, 0.717) is 30.1 Å². The Bertz CT molecular complexity index is 598. The quantitative estimate of drug-likeness (QED) is 0.845. The van der Waals surface area contributed by atoms with Gasteiger partial charge < -0.3 is 4.90 Å². The van der Waals surface area contributed by atoms with Crippen LogP contribution < -0.4 is 10.3 Å². The number of hydrogen-bond acceptors (Lipinski definition) is 3. The Kier molecular flexibility index (Phi) is 2.98. The molecule has 5 nitrogen and oxygen atoms in total. The molecular formula is C13H12ClN3O2. The van der Waals surface area contributed by atoms with Crippen molar-refractivity contribution in [2.75, 3.05) is 11.4 Å². The first-order chi connectivity index (χ1) is 9.15. The minimum atomic E-state index is -0.148. The van der Waals surface area contributed by atoms with Gasteiger partial charge in [0.25, 0.3) is 5.91 Å². The zero-order valence-corrected chi connectivity index (χ0v) is 10.9. The van der Waals surface area contributed by atoms with Gasteiger partial charge in [-0.3, -0.25) is 9.59 Å². The van der Waals surface area contributed by atoms with Gasteiger partial charge in [-0.2, -0.15) is 5.10 Å². The molecule has 0 saturated carbocycles. The van der Waals surface area contributed by atoms with Gasteiger partial charge >= 0.3 is 0 Å². The van der Waals surface area contributed by atoms with E-state index in [1.54, 1.807) is 11.0 Å². The highest BCUT2D eigenvalue weighted by atomic mass is 35.5. The van der Waals surface area contributed by atoms with E-state index in [1.807, 2.05) is 12.1 Å². The van der Waals surface area contributed by atoms with Crippen LogP contribution in [0, 0.1) is 0 Å². The van der Waals surface area contributed by atoms with Crippen LogP contribution in [-0.2, 0) is 16.0 Å². The molecule has 19 heavy (non-hydrogen) atoms. The number of carbonyl (C=O) groups is 2. The summed E-state index contributed by atoms with van der Waals surface area (Å²) in [6.45, 7) is 0.626. The fraction of sp³-hybridized carbons (Fsp3) is 0.308. The molecule has 1 aromatic carbocycles. The fourth-order valence-corrected chi connectivity index (χ4v) is 2.56. The summed E-state index contributed by atoms with van der Waals surface area (Å²) >= 11 is 5.94. The van der Waals surface area contributed by atoms with Gasteiger partial charge in [0.2, 0.25) is 5.91 Å². The van der Waals surface area contributed by atoms with Crippen LogP contribution in [0.5, 0.6) is 0 Å². The molecule has 0 radical (unpaired) electrons. The van der Waals surface area contributed by atoms with Crippen LogP contribution in [-0.4, -0.2) is 24.1 Å². The second-order valence-corrected chi connectivity index (χ2v) is 5.01. The molecular weight excluding hydrogens is 266 g/mol. The zero-order valence-electron chi connectivity index (χ0n) is 10.1. The molecule has 0 spiro atoms. The highest BCUT2D eigenvalue weighted by Gasteiger charge is 2.29. The Labute approximate surface area is 115 Å². The Hall–Kier alpha value is -1.88. The van der Waals surface area contributed by atoms with E-state index in [0.717, 1.165) is 17.7 Å². The van der Waals surface area contributed by atoms with Gasteiger partial charge in [0, 0.05) is 30.1 Å². The number of nitrogens with one attached hydrogen (secondary N) is 1. The molecule has 2 aliphatic rings. The van der Waals surface area contributed by atoms with Crippen molar-refractivity contribution in [2.24, 2.45) is 5.10 Å². The van der Waals surface area contributed by atoms with Gasteiger partial charge in [-0.1, -0.05) is 11.6 Å². The van der Waals surface area contributed by atoms with E-state index in [2.05, 4.69) is 10.5 Å². The number of carbonyl (C=O) groups excluding carboxylic acids is 2. The number of rotatable bonds is 1. The molecule has 98 valence electrons. The molecule has 0 unspecified atom stereocenters. The minimum absolute atomic E-state index is 0.138. The first-order valence-electron chi connectivity index (χ1n) is 6.11. The smallest absolute Gasteiger partial charge is 0.274 e. The van der Waals surface area contributed by atoms with E-state index in [4.69, 9.17) is 11.6 Å². The lowest BCUT2D eigenvalue weighted by atomic mass is 10.1. The molecule has 2 aliphatic heterocycles. The number of hydrazone groups is 1. The Morgan fingerprint density at radius 2 is 2.16 bits per heavy atom. The maximum atomic E-state index is 12.4. The third kappa shape index (κ3) is 2.21. The predicted octanol–water partition coefficient (Wildman–Crippen LogP) is 1.50. The van der Waals surface area contributed by atoms with Gasteiger partial charge in [-0.25, -0.2) is 5.43 Å². The van der Waals surface area contributed by atoms with Crippen molar-refractivity contribution in [1.29, 1.82) is 0 Å². The molecule has 6 heteroatoms. The van der Waals surface area contributed by atoms with Crippen LogP contribution in [0.3, 0.4) is 0 Å². The minimum Gasteiger partial charge on any atom is -0.307 e. The van der Waals surface area contributed by atoms with Crippen LogP contribution in [0.2, 0.25) is 5.02 Å². The molecule has 1 N–H and O–H groups in total. The number of hydrogen-bond donors (Lipinski definition) is 1. The Morgan fingerprint density at radius 3 is 2.89 bits per heavy atom. The summed E-state index contributed by atoms with van der Waals surface area (Å²) in [5, 5.41) is 4.52. The Balaban J connectivity index is 1.86. The molecule has 2 amide bonds. The van der Waals surface area contributed by atoms with Crippen molar-refractivity contribution in [3.8, 4) is 0 Å². The third-order valence-electron chi connectivity index (χ3n) is 3.33. The SMILES string of the molecule is O=C1CCC(C(=O)N2CCc3cc(Cl)ccc32)=NN1. The number of anilines is 1. The van der Waals surface area contributed by atoms with Crippen LogP contribution in [0.4, 0.5) is 5.69 Å². The molecule has 1 aromatic rings. The van der Waals surface area contributed by atoms with Gasteiger partial charge in [0.1, 0.15) is 5.71 Å². The predicted molar refractivity (Wildman–Crippen MR) is 72.3 cm³/mol. The van der Waals surface area contributed by atoms with Crippen molar-refractivity contribution >= 4 is 34.8 Å². The maximum absolute atomic E-state index is 12.4. The summed E-state index contributed by atoms with van der Waals surface area (Å²) in [4.78, 5) is 25.1. The highest BCUT2D eigenvalue weighted by molar-refractivity contribution is 6.44. The van der Waals surface area contributed by atoms with E-state index in [-0.39, 0.29) is 11.8 Å². The summed E-state index contributed by atoms with van der Waals surface area (Å²) in [6, 6.07) is 5.51. The number of amides is 2. The Morgan fingerprint density at radius 1 is 1.32 bits per heavy atom. The van der Waals surface area contributed by atoms with E-state index < -0.39 is 0 Å². The summed E-state index contributed by atoms with van der Waals surface area (Å²) < 4.78 is 0. The van der Waals surface area contributed by atoms with E-state index in [9.17, 15) is 9.59 Å². The normalized spacial score (nSPS) is 17.8. The molecule has 0 aromatic heterocycles. The van der Waals surface area contributed by atoms with Gasteiger partial charge in [-0.05, 0) is 30.2 Å². The number of nitrogens with zero attached hydrogens (tertiary/aromatic N) is 2. The topological polar surface area (TPSA) is 61.8 Å². The monoisotopic (exact) mass is 277 g/mol. The molecule has 0 atom stereocenters. The first-order valence-corrected chi connectivity index (χ1v) is 6.48. The van der Waals surface area contributed by atoms with Crippen LogP contribution in [0.15, 0.2) is 23.3 Å². The van der Waals surface area contributed by atoms with Crippen molar-refractivity contribution in [1.82, 2.24) is 5.43 Å². The summed E-state index contributed by atoms with van der Waals surface area (Å²) in [5.74, 6) is -0.286. The third-order valence-corrected chi connectivity index (χ3v) is 3.57.